The summed E-state index contributed by atoms with van der Waals surface area (Å²) in [7, 11) is 0. The molecule has 1 heterocycles. The Hall–Kier alpha value is -0.0800. The molecule has 3 fully saturated rings. The van der Waals surface area contributed by atoms with Crippen LogP contribution in [0.5, 0.6) is 0 Å². The molecule has 74 valence electrons. The lowest BCUT2D eigenvalue weighted by Gasteiger charge is -2.36. The van der Waals surface area contributed by atoms with E-state index in [-0.39, 0.29) is 5.60 Å². The number of rotatable bonds is 1. The molecule has 3 aliphatic rings. The van der Waals surface area contributed by atoms with Gasteiger partial charge in [-0.25, -0.2) is 0 Å². The largest absolute Gasteiger partial charge is 0.387 e. The van der Waals surface area contributed by atoms with E-state index in [4.69, 9.17) is 4.74 Å². The van der Waals surface area contributed by atoms with E-state index < -0.39 is 5.60 Å². The van der Waals surface area contributed by atoms with Crippen LogP contribution >= 0.6 is 0 Å². The lowest BCUT2D eigenvalue weighted by molar-refractivity contribution is -0.0675. The minimum atomic E-state index is -0.452. The second-order valence-electron chi connectivity index (χ2n) is 4.98. The molecule has 1 aliphatic heterocycles. The molecule has 0 unspecified atom stereocenters. The van der Waals surface area contributed by atoms with Crippen molar-refractivity contribution in [1.82, 2.24) is 0 Å². The second-order valence-corrected chi connectivity index (χ2v) is 4.98. The Bertz CT molecular complexity index is 220. The topological polar surface area (TPSA) is 32.8 Å². The Labute approximate surface area is 79.3 Å². The fourth-order valence-corrected chi connectivity index (χ4v) is 3.48. The molecule has 2 atom stereocenters. The molecule has 2 aliphatic carbocycles. The molecular weight excluding hydrogens is 164 g/mol. The van der Waals surface area contributed by atoms with E-state index in [1.807, 2.05) is 0 Å². The molecule has 0 radical (unpaired) electrons. The van der Waals surface area contributed by atoms with Gasteiger partial charge in [-0.15, -0.1) is 0 Å². The van der Waals surface area contributed by atoms with E-state index in [1.165, 1.54) is 32.1 Å². The molecule has 0 aromatic rings. The van der Waals surface area contributed by atoms with Crippen molar-refractivity contribution in [2.75, 3.05) is 0 Å². The summed E-state index contributed by atoms with van der Waals surface area (Å²) in [5, 5.41) is 10.5. The maximum absolute atomic E-state index is 10.5. The van der Waals surface area contributed by atoms with Crippen LogP contribution in [-0.2, 0) is 4.74 Å². The normalized spacial score (nSPS) is 47.3. The summed E-state index contributed by atoms with van der Waals surface area (Å²) < 4.78 is 5.73. The first-order valence-electron chi connectivity index (χ1n) is 5.67. The van der Waals surface area contributed by atoms with Crippen molar-refractivity contribution in [3.8, 4) is 0 Å². The van der Waals surface area contributed by atoms with Crippen LogP contribution in [0.1, 0.15) is 51.4 Å². The Kier molecular flexibility index (Phi) is 1.58. The van der Waals surface area contributed by atoms with Crippen LogP contribution < -0.4 is 0 Å². The molecule has 0 aromatic heterocycles. The van der Waals surface area contributed by atoms with Gasteiger partial charge in [0.05, 0.1) is 11.7 Å². The first kappa shape index (κ1) is 8.25. The Morgan fingerprint density at radius 1 is 1.00 bits per heavy atom. The number of fused-ring (bicyclic) bond motifs is 1. The second kappa shape index (κ2) is 2.48. The molecule has 0 amide bonds. The first-order valence-corrected chi connectivity index (χ1v) is 5.67. The van der Waals surface area contributed by atoms with Crippen molar-refractivity contribution in [3.05, 3.63) is 0 Å². The van der Waals surface area contributed by atoms with Crippen molar-refractivity contribution in [2.24, 2.45) is 0 Å². The van der Waals surface area contributed by atoms with Crippen LogP contribution in [0.4, 0.5) is 0 Å². The fraction of sp³-hybridized carbons (Fsp3) is 1.00. The number of aliphatic hydroxyl groups is 1. The zero-order valence-corrected chi connectivity index (χ0v) is 8.09. The van der Waals surface area contributed by atoms with Gasteiger partial charge in [0.1, 0.15) is 5.60 Å². The average Bonchev–Trinajstić information content (AvgIpc) is 2.72. The van der Waals surface area contributed by atoms with Crippen LogP contribution in [0.2, 0.25) is 0 Å². The van der Waals surface area contributed by atoms with Crippen molar-refractivity contribution in [1.29, 1.82) is 0 Å². The maximum Gasteiger partial charge on any atom is 0.123 e. The molecule has 0 spiro atoms. The highest BCUT2D eigenvalue weighted by atomic mass is 16.6. The van der Waals surface area contributed by atoms with Gasteiger partial charge in [0.2, 0.25) is 0 Å². The standard InChI is InChI=1S/C11H18O2/c12-10(6-2-1-3-7-10)11-8-4-5-9(11)13-11/h9,12H,1-8H2/t9-,11+/m0/s1. The third-order valence-electron chi connectivity index (χ3n) is 4.30. The highest BCUT2D eigenvalue weighted by Gasteiger charge is 2.69. The van der Waals surface area contributed by atoms with Crippen LogP contribution in [0, 0.1) is 0 Å². The van der Waals surface area contributed by atoms with Gasteiger partial charge < -0.3 is 9.84 Å². The van der Waals surface area contributed by atoms with Crippen LogP contribution in [0.15, 0.2) is 0 Å². The maximum atomic E-state index is 10.5. The van der Waals surface area contributed by atoms with E-state index in [9.17, 15) is 5.11 Å². The number of hydrogen-bond acceptors (Lipinski definition) is 2. The zero-order chi connectivity index (χ0) is 8.94. The quantitative estimate of drug-likeness (QED) is 0.629. The van der Waals surface area contributed by atoms with Crippen LogP contribution in [0.3, 0.4) is 0 Å². The summed E-state index contributed by atoms with van der Waals surface area (Å²) in [5.41, 5.74) is -0.528. The van der Waals surface area contributed by atoms with Crippen molar-refractivity contribution >= 4 is 0 Å². The molecule has 13 heavy (non-hydrogen) atoms. The Morgan fingerprint density at radius 2 is 1.77 bits per heavy atom. The van der Waals surface area contributed by atoms with Crippen molar-refractivity contribution in [3.63, 3.8) is 0 Å². The summed E-state index contributed by atoms with van der Waals surface area (Å²) in [6, 6.07) is 0. The van der Waals surface area contributed by atoms with Crippen LogP contribution in [0.25, 0.3) is 0 Å². The lowest BCUT2D eigenvalue weighted by atomic mass is 9.74. The zero-order valence-electron chi connectivity index (χ0n) is 8.09. The third-order valence-corrected chi connectivity index (χ3v) is 4.30. The van der Waals surface area contributed by atoms with Gasteiger partial charge in [-0.3, -0.25) is 0 Å². The average molecular weight is 182 g/mol. The Balaban J connectivity index is 1.82. The minimum absolute atomic E-state index is 0.0760. The van der Waals surface area contributed by atoms with Gasteiger partial charge in [-0.1, -0.05) is 19.3 Å². The molecule has 1 N–H and O–H groups in total. The molecule has 3 rings (SSSR count). The monoisotopic (exact) mass is 182 g/mol. The minimum Gasteiger partial charge on any atom is -0.387 e. The molecule has 2 saturated carbocycles. The first-order chi connectivity index (χ1) is 6.27. The van der Waals surface area contributed by atoms with Gasteiger partial charge in [0.25, 0.3) is 0 Å². The highest BCUT2D eigenvalue weighted by molar-refractivity contribution is 5.19. The summed E-state index contributed by atoms with van der Waals surface area (Å²) in [6.07, 6.45) is 9.58. The van der Waals surface area contributed by atoms with Crippen LogP contribution in [-0.4, -0.2) is 22.4 Å². The fourth-order valence-electron chi connectivity index (χ4n) is 3.48. The molecular formula is C11H18O2. The van der Waals surface area contributed by atoms with Gasteiger partial charge in [0.15, 0.2) is 0 Å². The van der Waals surface area contributed by atoms with E-state index in [0.717, 1.165) is 19.3 Å². The van der Waals surface area contributed by atoms with Gasteiger partial charge in [-0.05, 0) is 32.1 Å². The van der Waals surface area contributed by atoms with Crippen molar-refractivity contribution in [2.45, 2.75) is 68.7 Å². The van der Waals surface area contributed by atoms with E-state index >= 15 is 0 Å². The SMILES string of the molecule is OC1([C@@]23CCC[C@@H]2O3)CCCCC1. The molecule has 2 nitrogen and oxygen atoms in total. The molecule has 1 saturated heterocycles. The van der Waals surface area contributed by atoms with Gasteiger partial charge >= 0.3 is 0 Å². The lowest BCUT2D eigenvalue weighted by Crippen LogP contribution is -2.46. The Morgan fingerprint density at radius 3 is 2.31 bits per heavy atom. The molecule has 2 heteroatoms. The molecule has 0 bridgehead atoms. The van der Waals surface area contributed by atoms with Gasteiger partial charge in [0, 0.05) is 0 Å². The number of epoxide rings is 1. The van der Waals surface area contributed by atoms with E-state index in [0.29, 0.717) is 6.10 Å². The summed E-state index contributed by atoms with van der Waals surface area (Å²) in [4.78, 5) is 0. The third kappa shape index (κ3) is 0.962. The smallest absolute Gasteiger partial charge is 0.123 e. The summed E-state index contributed by atoms with van der Waals surface area (Å²) in [6.45, 7) is 0. The summed E-state index contributed by atoms with van der Waals surface area (Å²) >= 11 is 0. The molecule has 0 aromatic carbocycles. The predicted molar refractivity (Wildman–Crippen MR) is 49.5 cm³/mol. The predicted octanol–water partition coefficient (Wildman–Crippen LogP) is 2.00. The summed E-state index contributed by atoms with van der Waals surface area (Å²) in [5.74, 6) is 0. The number of ether oxygens (including phenoxy) is 1. The van der Waals surface area contributed by atoms with E-state index in [1.54, 1.807) is 0 Å². The van der Waals surface area contributed by atoms with E-state index in [2.05, 4.69) is 0 Å². The highest BCUT2D eigenvalue weighted by Crippen LogP contribution is 2.59. The number of hydrogen-bond donors (Lipinski definition) is 1. The van der Waals surface area contributed by atoms with Gasteiger partial charge in [-0.2, -0.15) is 0 Å². The van der Waals surface area contributed by atoms with Crippen molar-refractivity contribution < 1.29 is 9.84 Å².